The minimum absolute atomic E-state index is 0.0855. The Morgan fingerprint density at radius 1 is 0.872 bits per heavy atom. The number of carbonyl (C=O) groups excluding carboxylic acids is 2. The van der Waals surface area contributed by atoms with Crippen LogP contribution in [0.4, 0.5) is 5.69 Å². The van der Waals surface area contributed by atoms with Crippen LogP contribution in [0.25, 0.3) is 0 Å². The molecule has 0 aliphatic carbocycles. The maximum Gasteiger partial charge on any atom is 0.264 e. The van der Waals surface area contributed by atoms with E-state index in [9.17, 15) is 18.0 Å². The Bertz CT molecular complexity index is 1410. The molecule has 1 atom stereocenters. The molecule has 0 aliphatic heterocycles. The molecule has 0 saturated carbocycles. The molecule has 39 heavy (non-hydrogen) atoms. The lowest BCUT2D eigenvalue weighted by molar-refractivity contribution is -0.140. The maximum absolute atomic E-state index is 14.0. The van der Waals surface area contributed by atoms with E-state index in [0.717, 1.165) is 26.6 Å². The van der Waals surface area contributed by atoms with Gasteiger partial charge in [-0.15, -0.1) is 0 Å². The quantitative estimate of drug-likeness (QED) is 0.401. The van der Waals surface area contributed by atoms with E-state index >= 15 is 0 Å². The molecule has 3 aromatic rings. The average molecular weight is 550 g/mol. The van der Waals surface area contributed by atoms with E-state index in [1.807, 2.05) is 77.9 Å². The number of aryl methyl sites for hydroxylation is 3. The van der Waals surface area contributed by atoms with E-state index in [1.165, 1.54) is 17.0 Å². The Kier molecular flexibility index (Phi) is 9.22. The lowest BCUT2D eigenvalue weighted by Gasteiger charge is -2.34. The summed E-state index contributed by atoms with van der Waals surface area (Å²) < 4.78 is 29.0. The number of hydrogen-bond acceptors (Lipinski definition) is 4. The summed E-state index contributed by atoms with van der Waals surface area (Å²) in [6.45, 7) is 12.7. The van der Waals surface area contributed by atoms with E-state index in [4.69, 9.17) is 0 Å². The van der Waals surface area contributed by atoms with Crippen molar-refractivity contribution >= 4 is 27.5 Å². The molecular formula is C31H39N3O4S. The van der Waals surface area contributed by atoms with E-state index in [1.54, 1.807) is 31.2 Å². The van der Waals surface area contributed by atoms with Crippen molar-refractivity contribution in [1.29, 1.82) is 0 Å². The van der Waals surface area contributed by atoms with Gasteiger partial charge in [-0.05, 0) is 83.4 Å². The van der Waals surface area contributed by atoms with E-state index < -0.39 is 34.1 Å². The van der Waals surface area contributed by atoms with Crippen molar-refractivity contribution in [2.75, 3.05) is 10.8 Å². The largest absolute Gasteiger partial charge is 0.350 e. The molecule has 0 aliphatic rings. The minimum atomic E-state index is -4.09. The topological polar surface area (TPSA) is 86.8 Å². The van der Waals surface area contributed by atoms with E-state index in [0.29, 0.717) is 5.69 Å². The van der Waals surface area contributed by atoms with Crippen LogP contribution >= 0.6 is 0 Å². The second kappa shape index (κ2) is 12.0. The van der Waals surface area contributed by atoms with Crippen LogP contribution in [0, 0.1) is 20.8 Å². The van der Waals surface area contributed by atoms with Gasteiger partial charge in [0.15, 0.2) is 0 Å². The van der Waals surface area contributed by atoms with Crippen molar-refractivity contribution in [2.45, 2.75) is 71.5 Å². The number of nitrogens with one attached hydrogen (secondary N) is 1. The van der Waals surface area contributed by atoms with Gasteiger partial charge in [0.05, 0.1) is 10.6 Å². The van der Waals surface area contributed by atoms with Crippen molar-refractivity contribution in [2.24, 2.45) is 0 Å². The van der Waals surface area contributed by atoms with Gasteiger partial charge in [-0.1, -0.05) is 60.2 Å². The summed E-state index contributed by atoms with van der Waals surface area (Å²) in [5.41, 5.74) is 3.43. The molecule has 0 spiro atoms. The van der Waals surface area contributed by atoms with Crippen LogP contribution in [0.1, 0.15) is 49.9 Å². The molecule has 0 unspecified atom stereocenters. The normalized spacial score (nSPS) is 12.5. The monoisotopic (exact) mass is 549 g/mol. The number of nitrogens with zero attached hydrogens (tertiary/aromatic N) is 2. The number of carbonyl (C=O) groups is 2. The van der Waals surface area contributed by atoms with Gasteiger partial charge in [-0.2, -0.15) is 0 Å². The Morgan fingerprint density at radius 3 is 2.05 bits per heavy atom. The van der Waals surface area contributed by atoms with E-state index in [2.05, 4.69) is 5.32 Å². The Labute approximate surface area is 232 Å². The fraction of sp³-hybridized carbons (Fsp3) is 0.355. The average Bonchev–Trinajstić information content (AvgIpc) is 2.87. The summed E-state index contributed by atoms with van der Waals surface area (Å²) >= 11 is 0. The van der Waals surface area contributed by atoms with E-state index in [-0.39, 0.29) is 17.3 Å². The Balaban J connectivity index is 2.06. The molecule has 0 heterocycles. The fourth-order valence-electron chi connectivity index (χ4n) is 4.17. The van der Waals surface area contributed by atoms with Crippen molar-refractivity contribution in [3.05, 3.63) is 95.1 Å². The predicted octanol–water partition coefficient (Wildman–Crippen LogP) is 5.14. The third kappa shape index (κ3) is 7.69. The van der Waals surface area contributed by atoms with Crippen LogP contribution in [-0.2, 0) is 26.2 Å². The van der Waals surface area contributed by atoms with Gasteiger partial charge in [-0.3, -0.25) is 13.9 Å². The number of amides is 2. The van der Waals surface area contributed by atoms with Crippen LogP contribution in [-0.4, -0.2) is 43.3 Å². The van der Waals surface area contributed by atoms with Gasteiger partial charge >= 0.3 is 0 Å². The zero-order valence-corrected chi connectivity index (χ0v) is 24.7. The Hall–Kier alpha value is -3.65. The lowest BCUT2D eigenvalue weighted by Crippen LogP contribution is -2.54. The molecule has 0 aromatic heterocycles. The molecule has 0 radical (unpaired) electrons. The van der Waals surface area contributed by atoms with Crippen molar-refractivity contribution in [3.63, 3.8) is 0 Å². The third-order valence-corrected chi connectivity index (χ3v) is 8.16. The maximum atomic E-state index is 14.0. The Morgan fingerprint density at radius 2 is 1.46 bits per heavy atom. The summed E-state index contributed by atoms with van der Waals surface area (Å²) in [4.78, 5) is 28.7. The third-order valence-electron chi connectivity index (χ3n) is 6.38. The fourth-order valence-corrected chi connectivity index (χ4v) is 5.66. The number of anilines is 1. The summed E-state index contributed by atoms with van der Waals surface area (Å²) in [7, 11) is -4.09. The van der Waals surface area contributed by atoms with Gasteiger partial charge in [0.25, 0.3) is 10.0 Å². The van der Waals surface area contributed by atoms with Crippen LogP contribution in [0.2, 0.25) is 0 Å². The first-order chi connectivity index (χ1) is 18.2. The van der Waals surface area contributed by atoms with Gasteiger partial charge < -0.3 is 10.2 Å². The highest BCUT2D eigenvalue weighted by molar-refractivity contribution is 7.92. The van der Waals surface area contributed by atoms with Gasteiger partial charge in [0.1, 0.15) is 12.6 Å². The summed E-state index contributed by atoms with van der Waals surface area (Å²) in [6, 6.07) is 20.5. The highest BCUT2D eigenvalue weighted by Crippen LogP contribution is 2.28. The standard InChI is InChI=1S/C31H39N3O4S/c1-22-14-17-26(18-15-22)20-33(25(4)30(36)32-31(5,6)7)29(35)21-34(28-19-23(2)13-16-24(28)3)39(37,38)27-11-9-8-10-12-27/h8-19,25H,20-21H2,1-7H3,(H,32,36)/t25-/m0/s1. The van der Waals surface area contributed by atoms with Crippen molar-refractivity contribution in [3.8, 4) is 0 Å². The molecule has 3 rings (SSSR count). The zero-order chi connectivity index (χ0) is 29.0. The molecule has 208 valence electrons. The van der Waals surface area contributed by atoms with Gasteiger partial charge in [-0.25, -0.2) is 8.42 Å². The van der Waals surface area contributed by atoms with Gasteiger partial charge in [0.2, 0.25) is 11.8 Å². The number of sulfonamides is 1. The van der Waals surface area contributed by atoms with Crippen molar-refractivity contribution in [1.82, 2.24) is 10.2 Å². The van der Waals surface area contributed by atoms with Crippen LogP contribution in [0.5, 0.6) is 0 Å². The number of rotatable bonds is 9. The van der Waals surface area contributed by atoms with Crippen LogP contribution in [0.3, 0.4) is 0 Å². The molecule has 8 heteroatoms. The molecule has 3 aromatic carbocycles. The molecule has 1 N–H and O–H groups in total. The predicted molar refractivity (Wildman–Crippen MR) is 156 cm³/mol. The van der Waals surface area contributed by atoms with Crippen molar-refractivity contribution < 1.29 is 18.0 Å². The molecule has 7 nitrogen and oxygen atoms in total. The van der Waals surface area contributed by atoms with Gasteiger partial charge in [0, 0.05) is 12.1 Å². The first-order valence-corrected chi connectivity index (χ1v) is 14.4. The summed E-state index contributed by atoms with van der Waals surface area (Å²) in [5, 5.41) is 2.94. The second-order valence-electron chi connectivity index (χ2n) is 11.0. The summed E-state index contributed by atoms with van der Waals surface area (Å²) in [5.74, 6) is -0.792. The lowest BCUT2D eigenvalue weighted by atomic mass is 10.1. The SMILES string of the molecule is Cc1ccc(CN(C(=O)CN(c2cc(C)ccc2C)S(=O)(=O)c2ccccc2)[C@@H](C)C(=O)NC(C)(C)C)cc1. The smallest absolute Gasteiger partial charge is 0.264 e. The van der Waals surface area contributed by atoms with Crippen LogP contribution < -0.4 is 9.62 Å². The first kappa shape index (κ1) is 29.9. The summed E-state index contributed by atoms with van der Waals surface area (Å²) in [6.07, 6.45) is 0. The molecule has 0 fully saturated rings. The number of hydrogen-bond donors (Lipinski definition) is 1. The van der Waals surface area contributed by atoms with Crippen LogP contribution in [0.15, 0.2) is 77.7 Å². The first-order valence-electron chi connectivity index (χ1n) is 13.0. The highest BCUT2D eigenvalue weighted by Gasteiger charge is 2.33. The number of benzene rings is 3. The zero-order valence-electron chi connectivity index (χ0n) is 23.9. The molecule has 0 saturated heterocycles. The second-order valence-corrected chi connectivity index (χ2v) is 12.9. The molecular weight excluding hydrogens is 510 g/mol. The highest BCUT2D eigenvalue weighted by atomic mass is 32.2. The molecule has 2 amide bonds. The minimum Gasteiger partial charge on any atom is -0.350 e. The molecule has 0 bridgehead atoms.